The average Bonchev–Trinajstić information content (AvgIpc) is 2.87. The second kappa shape index (κ2) is 12.9. The first kappa shape index (κ1) is 28.6. The molecule has 1 unspecified atom stereocenters. The van der Waals surface area contributed by atoms with E-state index in [1.54, 1.807) is 28.1 Å². The van der Waals surface area contributed by atoms with E-state index >= 15 is 0 Å². The maximum absolute atomic E-state index is 12.4. The van der Waals surface area contributed by atoms with Crippen molar-refractivity contribution < 1.29 is 23.9 Å². The van der Waals surface area contributed by atoms with Crippen molar-refractivity contribution in [2.24, 2.45) is 5.41 Å². The van der Waals surface area contributed by atoms with Gasteiger partial charge in [-0.25, -0.2) is 9.59 Å². The Kier molecular flexibility index (Phi) is 10.2. The van der Waals surface area contributed by atoms with Gasteiger partial charge in [-0.3, -0.25) is 4.79 Å². The van der Waals surface area contributed by atoms with Crippen LogP contribution in [-0.4, -0.2) is 95.0 Å². The summed E-state index contributed by atoms with van der Waals surface area (Å²) in [7, 11) is 4.73. The molecule has 2 amide bonds. The first-order chi connectivity index (χ1) is 16.9. The summed E-state index contributed by atoms with van der Waals surface area (Å²) in [6.45, 7) is 7.34. The van der Waals surface area contributed by atoms with E-state index in [-0.39, 0.29) is 31.3 Å². The third-order valence-corrected chi connectivity index (χ3v) is 5.34. The second-order valence-electron chi connectivity index (χ2n) is 9.35. The first-order valence-corrected chi connectivity index (χ1v) is 11.6. The van der Waals surface area contributed by atoms with E-state index in [1.165, 1.54) is 9.80 Å². The van der Waals surface area contributed by atoms with Crippen LogP contribution in [0.5, 0.6) is 0 Å². The van der Waals surface area contributed by atoms with Gasteiger partial charge in [-0.1, -0.05) is 51.1 Å². The van der Waals surface area contributed by atoms with Crippen molar-refractivity contribution in [3.05, 3.63) is 36.2 Å². The van der Waals surface area contributed by atoms with Gasteiger partial charge in [0.15, 0.2) is 11.9 Å². The number of aromatic nitrogens is 4. The Labute approximate surface area is 211 Å². The number of likely N-dealkylation sites (N-methyl/N-ethyl adjacent to an activating group) is 3. The van der Waals surface area contributed by atoms with Gasteiger partial charge in [0.2, 0.25) is 11.6 Å². The van der Waals surface area contributed by atoms with E-state index in [0.29, 0.717) is 5.82 Å². The molecule has 2 rings (SSSR count). The molecule has 2 atom stereocenters. The van der Waals surface area contributed by atoms with Crippen LogP contribution in [0.15, 0.2) is 30.3 Å². The largest absolute Gasteiger partial charge is 0.447 e. The zero-order valence-corrected chi connectivity index (χ0v) is 21.9. The highest BCUT2D eigenvalue weighted by Gasteiger charge is 2.30. The zero-order valence-electron chi connectivity index (χ0n) is 21.9. The van der Waals surface area contributed by atoms with Gasteiger partial charge in [-0.2, -0.15) is 0 Å². The van der Waals surface area contributed by atoms with Crippen LogP contribution in [0.4, 0.5) is 9.59 Å². The van der Waals surface area contributed by atoms with Crippen molar-refractivity contribution >= 4 is 18.0 Å². The van der Waals surface area contributed by atoms with Crippen LogP contribution in [0.1, 0.15) is 39.6 Å². The second-order valence-corrected chi connectivity index (χ2v) is 9.35. The number of carbonyl (C=O) groups is 3. The number of Topliss-reactive ketones (excluding diaryl/α,β-unsaturated/α-hetero) is 1. The summed E-state index contributed by atoms with van der Waals surface area (Å²) in [5.41, 5.74) is 0.214. The lowest BCUT2D eigenvalue weighted by atomic mass is 9.87. The summed E-state index contributed by atoms with van der Waals surface area (Å²) >= 11 is 0. The normalized spacial score (nSPS) is 12.9. The fourth-order valence-electron chi connectivity index (χ4n) is 2.96. The van der Waals surface area contributed by atoms with Crippen LogP contribution < -0.4 is 5.32 Å². The van der Waals surface area contributed by atoms with Gasteiger partial charge < -0.3 is 24.6 Å². The Morgan fingerprint density at radius 3 is 2.03 bits per heavy atom. The Morgan fingerprint density at radius 2 is 1.50 bits per heavy atom. The van der Waals surface area contributed by atoms with Gasteiger partial charge in [-0.05, 0) is 14.0 Å². The molecule has 0 aliphatic heterocycles. The Hall–Kier alpha value is -3.67. The maximum atomic E-state index is 12.4. The lowest BCUT2D eigenvalue weighted by Gasteiger charge is -2.26. The molecule has 196 valence electrons. The standard InChI is InChI=1S/C24H35N7O5/c1-16(20-26-28-21(29-27-20)17-11-9-8-10-12-17)36-23(34)31(7)14-13-30(6)22(33)35-15-18(25-5)19(32)24(2,3)4/h8-12,16,18,25H,13-15H2,1-7H3/t16?,18-/m1/s1. The number of ketones is 1. The lowest BCUT2D eigenvalue weighted by molar-refractivity contribution is -0.129. The molecule has 1 heterocycles. The molecule has 0 saturated carbocycles. The summed E-state index contributed by atoms with van der Waals surface area (Å²) in [6, 6.07) is 8.68. The fraction of sp³-hybridized carbons (Fsp3) is 0.542. The van der Waals surface area contributed by atoms with E-state index in [0.717, 1.165) is 5.56 Å². The topological polar surface area (TPSA) is 140 Å². The van der Waals surface area contributed by atoms with Gasteiger partial charge >= 0.3 is 12.2 Å². The minimum absolute atomic E-state index is 0.0545. The third kappa shape index (κ3) is 8.22. The molecule has 1 N–H and O–H groups in total. The van der Waals surface area contributed by atoms with Gasteiger partial charge in [-0.15, -0.1) is 20.4 Å². The summed E-state index contributed by atoms with van der Waals surface area (Å²) in [5, 5.41) is 19.0. The summed E-state index contributed by atoms with van der Waals surface area (Å²) < 4.78 is 10.7. The molecule has 12 heteroatoms. The molecular weight excluding hydrogens is 466 g/mol. The first-order valence-electron chi connectivity index (χ1n) is 11.6. The number of carbonyl (C=O) groups excluding carboxylic acids is 3. The number of nitrogens with one attached hydrogen (secondary N) is 1. The Balaban J connectivity index is 1.80. The highest BCUT2D eigenvalue weighted by molar-refractivity contribution is 5.89. The molecule has 0 aliphatic carbocycles. The van der Waals surface area contributed by atoms with Crippen molar-refractivity contribution in [3.8, 4) is 11.4 Å². The van der Waals surface area contributed by atoms with E-state index < -0.39 is 29.7 Å². The summed E-state index contributed by atoms with van der Waals surface area (Å²) in [4.78, 5) is 39.8. The third-order valence-electron chi connectivity index (χ3n) is 5.34. The molecule has 0 saturated heterocycles. The Bertz CT molecular complexity index is 1010. The number of benzene rings is 1. The minimum Gasteiger partial charge on any atom is -0.447 e. The molecule has 0 bridgehead atoms. The number of rotatable bonds is 10. The lowest BCUT2D eigenvalue weighted by Crippen LogP contribution is -2.46. The van der Waals surface area contributed by atoms with E-state index in [9.17, 15) is 14.4 Å². The van der Waals surface area contributed by atoms with Gasteiger partial charge in [0.1, 0.15) is 12.6 Å². The van der Waals surface area contributed by atoms with E-state index in [4.69, 9.17) is 9.47 Å². The molecule has 0 radical (unpaired) electrons. The molecular formula is C24H35N7O5. The Morgan fingerprint density at radius 1 is 0.944 bits per heavy atom. The quantitative estimate of drug-likeness (QED) is 0.516. The van der Waals surface area contributed by atoms with Gasteiger partial charge in [0, 0.05) is 38.2 Å². The van der Waals surface area contributed by atoms with Crippen molar-refractivity contribution in [2.75, 3.05) is 40.8 Å². The molecule has 0 aliphatic rings. The van der Waals surface area contributed by atoms with Crippen LogP contribution in [0.2, 0.25) is 0 Å². The highest BCUT2D eigenvalue weighted by Crippen LogP contribution is 2.17. The average molecular weight is 502 g/mol. The van der Waals surface area contributed by atoms with Crippen molar-refractivity contribution in [3.63, 3.8) is 0 Å². The van der Waals surface area contributed by atoms with Crippen LogP contribution in [0.3, 0.4) is 0 Å². The van der Waals surface area contributed by atoms with Crippen molar-refractivity contribution in [1.82, 2.24) is 35.5 Å². The maximum Gasteiger partial charge on any atom is 0.410 e. The molecule has 1 aromatic carbocycles. The number of amides is 2. The van der Waals surface area contributed by atoms with E-state index in [1.807, 2.05) is 51.1 Å². The smallest absolute Gasteiger partial charge is 0.410 e. The SMILES string of the molecule is CN[C@H](COC(=O)N(C)CCN(C)C(=O)OC(C)c1nnc(-c2ccccc2)nn1)C(=O)C(C)(C)C. The minimum atomic E-state index is -0.772. The number of nitrogens with zero attached hydrogens (tertiary/aromatic N) is 6. The number of hydrogen-bond donors (Lipinski definition) is 1. The molecule has 0 spiro atoms. The molecule has 2 aromatic rings. The van der Waals surface area contributed by atoms with Crippen molar-refractivity contribution in [2.45, 2.75) is 39.8 Å². The number of hydrogen-bond acceptors (Lipinski definition) is 10. The van der Waals surface area contributed by atoms with Gasteiger partial charge in [0.05, 0.1) is 0 Å². The monoisotopic (exact) mass is 501 g/mol. The zero-order chi connectivity index (χ0) is 26.9. The predicted octanol–water partition coefficient (Wildman–Crippen LogP) is 2.33. The van der Waals surface area contributed by atoms with Gasteiger partial charge in [0.25, 0.3) is 0 Å². The number of ether oxygens (including phenoxy) is 2. The predicted molar refractivity (Wildman–Crippen MR) is 132 cm³/mol. The molecule has 36 heavy (non-hydrogen) atoms. The van der Waals surface area contributed by atoms with Crippen LogP contribution >= 0.6 is 0 Å². The van der Waals surface area contributed by atoms with Crippen LogP contribution in [-0.2, 0) is 14.3 Å². The van der Waals surface area contributed by atoms with Crippen molar-refractivity contribution in [1.29, 1.82) is 0 Å². The van der Waals surface area contributed by atoms with Crippen LogP contribution in [0.25, 0.3) is 11.4 Å². The van der Waals surface area contributed by atoms with Crippen LogP contribution in [0, 0.1) is 5.41 Å². The molecule has 0 fully saturated rings. The molecule has 12 nitrogen and oxygen atoms in total. The highest BCUT2D eigenvalue weighted by atomic mass is 16.6. The summed E-state index contributed by atoms with van der Waals surface area (Å²) in [5.74, 6) is 0.482. The summed E-state index contributed by atoms with van der Waals surface area (Å²) in [6.07, 6.45) is -1.99. The van der Waals surface area contributed by atoms with E-state index in [2.05, 4.69) is 25.7 Å². The molecule has 1 aromatic heterocycles. The fourth-order valence-corrected chi connectivity index (χ4v) is 2.96.